The number of hydrogen-bond donors (Lipinski definition) is 0. The summed E-state index contributed by atoms with van der Waals surface area (Å²) in [4.78, 5) is 11.7. The summed E-state index contributed by atoms with van der Waals surface area (Å²) in [5.74, 6) is -0.0776. The predicted molar refractivity (Wildman–Crippen MR) is 67.1 cm³/mol. The Hall–Kier alpha value is -0.353. The first kappa shape index (κ1) is 13.7. The monoisotopic (exact) mass is 244 g/mol. The maximum Gasteiger partial charge on any atom is 0.311 e. The molecule has 1 heterocycles. The van der Waals surface area contributed by atoms with E-state index in [0.29, 0.717) is 0 Å². The first-order chi connectivity index (χ1) is 7.65. The summed E-state index contributed by atoms with van der Waals surface area (Å²) < 4.78 is 10.8. The molecule has 4 heteroatoms. The van der Waals surface area contributed by atoms with Gasteiger partial charge in [0.25, 0.3) is 0 Å². The maximum atomic E-state index is 11.7. The van der Waals surface area contributed by atoms with Crippen LogP contribution in [-0.4, -0.2) is 33.5 Å². The smallest absolute Gasteiger partial charge is 0.311 e. The molecule has 0 N–H and O–H groups in total. The molecule has 0 unspecified atom stereocenters. The lowest BCUT2D eigenvalue weighted by Gasteiger charge is -2.36. The molecule has 2 atom stereocenters. The molecule has 16 heavy (non-hydrogen) atoms. The van der Waals surface area contributed by atoms with E-state index in [4.69, 9.17) is 9.47 Å². The molecule has 1 aliphatic heterocycles. The molecule has 1 saturated heterocycles. The summed E-state index contributed by atoms with van der Waals surface area (Å²) in [7, 11) is 0.0275. The highest BCUT2D eigenvalue weighted by Crippen LogP contribution is 2.36. The lowest BCUT2D eigenvalue weighted by molar-refractivity contribution is -0.146. The first-order valence-corrected chi connectivity index (χ1v) is 9.04. The van der Waals surface area contributed by atoms with Gasteiger partial charge in [0.15, 0.2) is 0 Å². The Labute approximate surface area is 99.5 Å². The van der Waals surface area contributed by atoms with E-state index in [9.17, 15) is 4.79 Å². The zero-order valence-electron chi connectivity index (χ0n) is 10.9. The summed E-state index contributed by atoms with van der Waals surface area (Å²) in [6.45, 7) is 7.46. The van der Waals surface area contributed by atoms with E-state index in [1.54, 1.807) is 0 Å². The Kier molecular flexibility index (Phi) is 4.99. The summed E-state index contributed by atoms with van der Waals surface area (Å²) in [5.41, 5.74) is 0.181. The van der Waals surface area contributed by atoms with Crippen molar-refractivity contribution in [1.29, 1.82) is 0 Å². The van der Waals surface area contributed by atoms with Crippen LogP contribution in [0.4, 0.5) is 0 Å². The fraction of sp³-hybridized carbons (Fsp3) is 0.917. The average Bonchev–Trinajstić information content (AvgIpc) is 2.81. The number of hydrogen-bond acceptors (Lipinski definition) is 3. The second-order valence-electron chi connectivity index (χ2n) is 4.63. The van der Waals surface area contributed by atoms with Crippen LogP contribution in [0.1, 0.15) is 27.2 Å². The highest BCUT2D eigenvalue weighted by molar-refractivity contribution is 6.81. The molecule has 3 nitrogen and oxygen atoms in total. The van der Waals surface area contributed by atoms with Gasteiger partial charge in [0.1, 0.15) is 0 Å². The minimum atomic E-state index is -1.45. The van der Waals surface area contributed by atoms with Gasteiger partial charge in [0.2, 0.25) is 0 Å². The van der Waals surface area contributed by atoms with E-state index >= 15 is 0 Å². The highest BCUT2D eigenvalue weighted by atomic mass is 28.3. The van der Waals surface area contributed by atoms with Crippen molar-refractivity contribution in [2.75, 3.05) is 13.7 Å². The average molecular weight is 244 g/mol. The van der Waals surface area contributed by atoms with Gasteiger partial charge in [0, 0.05) is 6.61 Å². The Morgan fingerprint density at radius 2 is 1.88 bits per heavy atom. The van der Waals surface area contributed by atoms with Crippen molar-refractivity contribution in [3.63, 3.8) is 0 Å². The quantitative estimate of drug-likeness (QED) is 0.551. The Balaban J connectivity index is 2.87. The van der Waals surface area contributed by atoms with Crippen molar-refractivity contribution in [1.82, 2.24) is 0 Å². The Bertz CT molecular complexity index is 230. The molecule has 0 aromatic heterocycles. The van der Waals surface area contributed by atoms with E-state index < -0.39 is 8.07 Å². The number of methoxy groups -OCH3 is 1. The molecular formula is C12H24O3Si. The first-order valence-electron chi connectivity index (χ1n) is 6.34. The molecule has 1 rings (SSSR count). The molecule has 0 radical (unpaired) electrons. The van der Waals surface area contributed by atoms with Crippen LogP contribution in [0.3, 0.4) is 0 Å². The Morgan fingerprint density at radius 3 is 2.31 bits per heavy atom. The maximum absolute atomic E-state index is 11.7. The van der Waals surface area contributed by atoms with E-state index in [1.807, 2.05) is 0 Å². The van der Waals surface area contributed by atoms with Gasteiger partial charge >= 0.3 is 5.97 Å². The van der Waals surface area contributed by atoms with Crippen LogP contribution in [0.2, 0.25) is 18.1 Å². The molecule has 0 aromatic carbocycles. The molecule has 0 aromatic rings. The van der Waals surface area contributed by atoms with Gasteiger partial charge in [-0.2, -0.15) is 0 Å². The molecular weight excluding hydrogens is 220 g/mol. The van der Waals surface area contributed by atoms with Gasteiger partial charge in [-0.25, -0.2) is 0 Å². The molecule has 1 aliphatic rings. The second-order valence-corrected chi connectivity index (χ2v) is 10.0. The third kappa shape index (κ3) is 2.32. The molecule has 0 bridgehead atoms. The standard InChI is InChI=1S/C12H24O3Si/c1-5-16(6-2,7-3)12-10(8-9-15-12)11(13)14-4/h10,12H,5-9H2,1-4H3/t10-,12+/m0/s1. The van der Waals surface area contributed by atoms with Crippen LogP contribution in [0.25, 0.3) is 0 Å². The van der Waals surface area contributed by atoms with Gasteiger partial charge in [-0.1, -0.05) is 38.9 Å². The van der Waals surface area contributed by atoms with Crippen molar-refractivity contribution in [3.8, 4) is 0 Å². The normalized spacial score (nSPS) is 25.8. The third-order valence-electron chi connectivity index (χ3n) is 4.31. The number of rotatable bonds is 5. The van der Waals surface area contributed by atoms with E-state index in [-0.39, 0.29) is 17.6 Å². The molecule has 94 valence electrons. The van der Waals surface area contributed by atoms with Gasteiger partial charge in [-0.15, -0.1) is 0 Å². The fourth-order valence-electron chi connectivity index (χ4n) is 2.94. The zero-order chi connectivity index (χ0) is 12.2. The molecule has 0 aliphatic carbocycles. The molecule has 0 spiro atoms. The molecule has 0 amide bonds. The number of esters is 1. The predicted octanol–water partition coefficient (Wildman–Crippen LogP) is 2.61. The number of carbonyl (C=O) groups is 1. The lowest BCUT2D eigenvalue weighted by Crippen LogP contribution is -2.50. The van der Waals surface area contributed by atoms with Crippen LogP contribution < -0.4 is 0 Å². The summed E-state index contributed by atoms with van der Waals surface area (Å²) in [5, 5.41) is 0. The third-order valence-corrected chi connectivity index (χ3v) is 10.3. The Morgan fingerprint density at radius 1 is 1.31 bits per heavy atom. The minimum Gasteiger partial charge on any atom is -0.469 e. The van der Waals surface area contributed by atoms with Crippen LogP contribution in [0.15, 0.2) is 0 Å². The highest BCUT2D eigenvalue weighted by Gasteiger charge is 2.47. The van der Waals surface area contributed by atoms with Crippen LogP contribution in [-0.2, 0) is 14.3 Å². The molecule has 1 fully saturated rings. The van der Waals surface area contributed by atoms with Crippen molar-refractivity contribution in [2.45, 2.75) is 51.1 Å². The van der Waals surface area contributed by atoms with Gasteiger partial charge in [-0.05, 0) is 6.42 Å². The zero-order valence-corrected chi connectivity index (χ0v) is 11.9. The van der Waals surface area contributed by atoms with Crippen LogP contribution >= 0.6 is 0 Å². The summed E-state index contributed by atoms with van der Waals surface area (Å²) in [6.07, 6.45) is 0.839. The second kappa shape index (κ2) is 5.82. The fourth-order valence-corrected chi connectivity index (χ4v) is 7.27. The lowest BCUT2D eigenvalue weighted by atomic mass is 10.1. The van der Waals surface area contributed by atoms with Gasteiger partial charge in [0.05, 0.1) is 26.8 Å². The van der Waals surface area contributed by atoms with E-state index in [0.717, 1.165) is 13.0 Å². The van der Waals surface area contributed by atoms with Crippen molar-refractivity contribution < 1.29 is 14.3 Å². The molecule has 0 saturated carbocycles. The van der Waals surface area contributed by atoms with Gasteiger partial charge < -0.3 is 9.47 Å². The number of carbonyl (C=O) groups excluding carboxylic acids is 1. The minimum absolute atomic E-state index is 0.00323. The van der Waals surface area contributed by atoms with E-state index in [2.05, 4.69) is 20.8 Å². The SMILES string of the molecule is CC[Si](CC)(CC)[C@H]1OCC[C@H]1C(=O)OC. The van der Waals surface area contributed by atoms with E-state index in [1.165, 1.54) is 25.2 Å². The largest absolute Gasteiger partial charge is 0.469 e. The van der Waals surface area contributed by atoms with Gasteiger partial charge in [-0.3, -0.25) is 4.79 Å². The summed E-state index contributed by atoms with van der Waals surface area (Å²) in [6, 6.07) is 3.58. The van der Waals surface area contributed by atoms with Crippen molar-refractivity contribution in [3.05, 3.63) is 0 Å². The van der Waals surface area contributed by atoms with Crippen molar-refractivity contribution in [2.24, 2.45) is 5.92 Å². The summed E-state index contributed by atoms with van der Waals surface area (Å²) >= 11 is 0. The topological polar surface area (TPSA) is 35.5 Å². The van der Waals surface area contributed by atoms with Crippen molar-refractivity contribution >= 4 is 14.0 Å². The van der Waals surface area contributed by atoms with Crippen LogP contribution in [0.5, 0.6) is 0 Å². The van der Waals surface area contributed by atoms with Crippen LogP contribution in [0, 0.1) is 5.92 Å². The number of ether oxygens (including phenoxy) is 2.